The number of benzene rings is 4. The Hall–Kier alpha value is -5.24. The van der Waals surface area contributed by atoms with Crippen molar-refractivity contribution in [1.29, 1.82) is 0 Å². The topological polar surface area (TPSA) is 107 Å². The summed E-state index contributed by atoms with van der Waals surface area (Å²) in [7, 11) is 0. The summed E-state index contributed by atoms with van der Waals surface area (Å²) in [5.41, 5.74) is 2.89. The lowest BCUT2D eigenvalue weighted by Crippen LogP contribution is -2.52. The molecule has 3 N–H and O–H groups in total. The number of fused-ring (bicyclic) bond motifs is 2. The number of carbonyl (C=O) groups is 2. The van der Waals surface area contributed by atoms with Crippen LogP contribution in [0.15, 0.2) is 110 Å². The van der Waals surface area contributed by atoms with Gasteiger partial charge < -0.3 is 15.3 Å². The summed E-state index contributed by atoms with van der Waals surface area (Å²) in [5, 5.41) is 7.66. The molecular formula is C35H34N6O2. The molecule has 0 spiro atoms. The predicted molar refractivity (Wildman–Crippen MR) is 170 cm³/mol. The number of rotatable bonds is 11. The molecular weight excluding hydrogens is 536 g/mol. The van der Waals surface area contributed by atoms with Gasteiger partial charge in [-0.25, -0.2) is 9.97 Å². The fourth-order valence-corrected chi connectivity index (χ4v) is 5.85. The number of H-pyrrole nitrogens is 2. The van der Waals surface area contributed by atoms with Crippen molar-refractivity contribution >= 4 is 39.2 Å². The number of amides is 2. The second kappa shape index (κ2) is 12.7. The minimum absolute atomic E-state index is 0.173. The van der Waals surface area contributed by atoms with Crippen LogP contribution in [0.1, 0.15) is 23.7 Å². The van der Waals surface area contributed by atoms with E-state index in [2.05, 4.69) is 73.8 Å². The largest absolute Gasteiger partial charge is 0.351 e. The third-order valence-corrected chi connectivity index (χ3v) is 7.99. The Kier molecular flexibility index (Phi) is 8.26. The number of nitrogens with zero attached hydrogens (tertiary/aromatic N) is 3. The highest BCUT2D eigenvalue weighted by Gasteiger charge is 2.31. The minimum Gasteiger partial charge on any atom is -0.351 e. The normalized spacial score (nSPS) is 12.0. The van der Waals surface area contributed by atoms with Crippen LogP contribution in [-0.4, -0.2) is 44.3 Å². The maximum absolute atomic E-state index is 14.3. The second-order valence-corrected chi connectivity index (χ2v) is 10.7. The standard InChI is InChI=1S/C35H34N6O2/c1-2-41(33-21-37-23-39-33)35(43)32(19-29-20-36-22-38-29)40-34(42)28(17-26-13-7-11-24-9-3-5-15-30(24)26)18-27-14-8-12-25-10-4-6-16-31(25)27/h3-16,20-23,28,32H,2,17-19H2,1H3,(H,36,38)(H,37,39)(H,40,42). The molecule has 1 atom stereocenters. The van der Waals surface area contributed by atoms with E-state index in [-0.39, 0.29) is 18.2 Å². The number of anilines is 1. The number of nitrogens with one attached hydrogen (secondary N) is 3. The average Bonchev–Trinajstić information content (AvgIpc) is 3.76. The van der Waals surface area contributed by atoms with E-state index in [1.807, 2.05) is 43.3 Å². The molecule has 216 valence electrons. The summed E-state index contributed by atoms with van der Waals surface area (Å²) in [6.45, 7) is 2.30. The first-order chi connectivity index (χ1) is 21.1. The van der Waals surface area contributed by atoms with Gasteiger partial charge in [0.05, 0.1) is 18.3 Å². The van der Waals surface area contributed by atoms with E-state index in [1.165, 1.54) is 6.33 Å². The quantitative estimate of drug-likeness (QED) is 0.188. The zero-order valence-corrected chi connectivity index (χ0v) is 24.0. The number of hydrogen-bond acceptors (Lipinski definition) is 4. The van der Waals surface area contributed by atoms with Gasteiger partial charge in [-0.2, -0.15) is 0 Å². The predicted octanol–water partition coefficient (Wildman–Crippen LogP) is 5.62. The van der Waals surface area contributed by atoms with Crippen molar-refractivity contribution in [3.63, 3.8) is 0 Å². The average molecular weight is 571 g/mol. The van der Waals surface area contributed by atoms with Crippen molar-refractivity contribution in [2.75, 3.05) is 11.4 Å². The monoisotopic (exact) mass is 570 g/mol. The number of carbonyl (C=O) groups excluding carboxylic acids is 2. The molecule has 0 fully saturated rings. The van der Waals surface area contributed by atoms with E-state index in [4.69, 9.17) is 0 Å². The molecule has 0 bridgehead atoms. The van der Waals surface area contributed by atoms with Crippen LogP contribution < -0.4 is 10.2 Å². The molecule has 4 aromatic carbocycles. The van der Waals surface area contributed by atoms with Crippen molar-refractivity contribution in [3.8, 4) is 0 Å². The third-order valence-electron chi connectivity index (χ3n) is 7.99. The summed E-state index contributed by atoms with van der Waals surface area (Å²) in [4.78, 5) is 44.4. The molecule has 0 saturated carbocycles. The van der Waals surface area contributed by atoms with Crippen molar-refractivity contribution in [2.24, 2.45) is 5.92 Å². The smallest absolute Gasteiger partial charge is 0.251 e. The summed E-state index contributed by atoms with van der Waals surface area (Å²) in [6, 6.07) is 28.1. The van der Waals surface area contributed by atoms with E-state index < -0.39 is 12.0 Å². The molecule has 0 aliphatic rings. The molecule has 43 heavy (non-hydrogen) atoms. The lowest BCUT2D eigenvalue weighted by atomic mass is 9.87. The molecule has 6 rings (SSSR count). The SMILES string of the molecule is CCN(C(=O)C(Cc1c[nH]cn1)NC(=O)C(Cc1cccc2ccccc12)Cc1cccc2ccccc12)c1c[nH]cn1. The van der Waals surface area contributed by atoms with Crippen LogP contribution in [0.2, 0.25) is 0 Å². The number of aromatic nitrogens is 4. The zero-order valence-electron chi connectivity index (χ0n) is 24.0. The summed E-state index contributed by atoms with van der Waals surface area (Å²) in [5.74, 6) is -0.323. The summed E-state index contributed by atoms with van der Waals surface area (Å²) in [6.07, 6.45) is 7.85. The fraction of sp³-hybridized carbons (Fsp3) is 0.200. The van der Waals surface area contributed by atoms with Gasteiger partial charge in [-0.05, 0) is 52.4 Å². The molecule has 1 unspecified atom stereocenters. The Labute approximate surface area is 250 Å². The van der Waals surface area contributed by atoms with Gasteiger partial charge in [0.25, 0.3) is 5.91 Å². The first-order valence-corrected chi connectivity index (χ1v) is 14.6. The fourth-order valence-electron chi connectivity index (χ4n) is 5.85. The Balaban J connectivity index is 1.35. The second-order valence-electron chi connectivity index (χ2n) is 10.7. The third kappa shape index (κ3) is 6.18. The molecule has 0 radical (unpaired) electrons. The van der Waals surface area contributed by atoms with Crippen molar-refractivity contribution < 1.29 is 9.59 Å². The van der Waals surface area contributed by atoms with Crippen LogP contribution in [0.25, 0.3) is 21.5 Å². The van der Waals surface area contributed by atoms with Crippen LogP contribution in [0.3, 0.4) is 0 Å². The number of aromatic amines is 2. The maximum Gasteiger partial charge on any atom is 0.251 e. The highest BCUT2D eigenvalue weighted by atomic mass is 16.2. The molecule has 0 aliphatic carbocycles. The first kappa shape index (κ1) is 27.9. The lowest BCUT2D eigenvalue weighted by molar-refractivity contribution is -0.130. The summed E-state index contributed by atoms with van der Waals surface area (Å²) >= 11 is 0. The van der Waals surface area contributed by atoms with Gasteiger partial charge in [0, 0.05) is 31.3 Å². The van der Waals surface area contributed by atoms with E-state index in [0.29, 0.717) is 30.9 Å². The van der Waals surface area contributed by atoms with Gasteiger partial charge in [-0.3, -0.25) is 14.5 Å². The van der Waals surface area contributed by atoms with Crippen molar-refractivity contribution in [1.82, 2.24) is 25.3 Å². The van der Waals surface area contributed by atoms with Gasteiger partial charge in [-0.15, -0.1) is 0 Å². The molecule has 6 aromatic rings. The van der Waals surface area contributed by atoms with Crippen molar-refractivity contribution in [3.05, 3.63) is 127 Å². The Morgan fingerprint density at radius 3 is 1.88 bits per heavy atom. The molecule has 0 saturated heterocycles. The van der Waals surface area contributed by atoms with Gasteiger partial charge in [0.2, 0.25) is 5.91 Å². The van der Waals surface area contributed by atoms with E-state index >= 15 is 0 Å². The lowest BCUT2D eigenvalue weighted by Gasteiger charge is -2.27. The van der Waals surface area contributed by atoms with Crippen LogP contribution in [0.5, 0.6) is 0 Å². The molecule has 2 aromatic heterocycles. The Bertz CT molecular complexity index is 1740. The number of hydrogen-bond donors (Lipinski definition) is 3. The highest BCUT2D eigenvalue weighted by Crippen LogP contribution is 2.26. The number of imidazole rings is 2. The van der Waals surface area contributed by atoms with Gasteiger partial charge in [-0.1, -0.05) is 84.9 Å². The van der Waals surface area contributed by atoms with E-state index in [9.17, 15) is 9.59 Å². The van der Waals surface area contributed by atoms with Crippen LogP contribution in [-0.2, 0) is 28.9 Å². The van der Waals surface area contributed by atoms with Crippen LogP contribution >= 0.6 is 0 Å². The van der Waals surface area contributed by atoms with Crippen LogP contribution in [0.4, 0.5) is 5.82 Å². The first-order valence-electron chi connectivity index (χ1n) is 14.6. The zero-order chi connectivity index (χ0) is 29.6. The molecule has 8 heteroatoms. The molecule has 0 aliphatic heterocycles. The maximum atomic E-state index is 14.3. The van der Waals surface area contributed by atoms with Crippen molar-refractivity contribution in [2.45, 2.75) is 32.2 Å². The van der Waals surface area contributed by atoms with E-state index in [0.717, 1.165) is 32.7 Å². The summed E-state index contributed by atoms with van der Waals surface area (Å²) < 4.78 is 0. The Morgan fingerprint density at radius 1 is 0.744 bits per heavy atom. The molecule has 8 nitrogen and oxygen atoms in total. The number of likely N-dealkylation sites (N-methyl/N-ethyl adjacent to an activating group) is 1. The Morgan fingerprint density at radius 2 is 1.33 bits per heavy atom. The molecule has 2 heterocycles. The van der Waals surface area contributed by atoms with Gasteiger partial charge in [0.1, 0.15) is 6.04 Å². The highest BCUT2D eigenvalue weighted by molar-refractivity contribution is 5.99. The molecule has 2 amide bonds. The van der Waals surface area contributed by atoms with E-state index in [1.54, 1.807) is 23.6 Å². The van der Waals surface area contributed by atoms with Crippen LogP contribution in [0, 0.1) is 5.92 Å². The minimum atomic E-state index is -0.824. The van der Waals surface area contributed by atoms with Gasteiger partial charge >= 0.3 is 0 Å². The van der Waals surface area contributed by atoms with Gasteiger partial charge in [0.15, 0.2) is 5.82 Å².